The molecular weight excluding hydrogens is 510 g/mol. The Hall–Kier alpha value is -3.37. The molecule has 0 aromatic heterocycles. The van der Waals surface area contributed by atoms with E-state index in [4.69, 9.17) is 4.74 Å². The predicted molar refractivity (Wildman–Crippen MR) is 130 cm³/mol. The second kappa shape index (κ2) is 10.5. The molecule has 10 heteroatoms. The number of halogens is 1. The van der Waals surface area contributed by atoms with Crippen LogP contribution in [0.3, 0.4) is 0 Å². The van der Waals surface area contributed by atoms with Crippen LogP contribution in [0.1, 0.15) is 11.1 Å². The number of para-hydroxylation sites is 1. The van der Waals surface area contributed by atoms with Gasteiger partial charge in [-0.2, -0.15) is 5.10 Å². The quantitative estimate of drug-likeness (QED) is 0.339. The minimum atomic E-state index is -4.00. The number of phenols is 1. The predicted octanol–water partition coefficient (Wildman–Crippen LogP) is 3.82. The lowest BCUT2D eigenvalue weighted by atomic mass is 10.2. The highest BCUT2D eigenvalue weighted by molar-refractivity contribution is 9.10. The maximum Gasteiger partial charge on any atom is 0.264 e. The Bertz CT molecular complexity index is 1280. The first kappa shape index (κ1) is 24.3. The maximum absolute atomic E-state index is 13.3. The van der Waals surface area contributed by atoms with Crippen LogP contribution < -0.4 is 14.5 Å². The van der Waals surface area contributed by atoms with Crippen molar-refractivity contribution in [1.29, 1.82) is 0 Å². The number of ether oxygens (including phenoxy) is 1. The zero-order chi connectivity index (χ0) is 24.0. The Kier molecular flexibility index (Phi) is 7.72. The molecule has 0 aliphatic heterocycles. The van der Waals surface area contributed by atoms with Gasteiger partial charge in [-0.05, 0) is 64.3 Å². The number of hydrazone groups is 1. The highest BCUT2D eigenvalue weighted by atomic mass is 79.9. The van der Waals surface area contributed by atoms with E-state index in [1.807, 2.05) is 0 Å². The molecule has 0 saturated heterocycles. The maximum atomic E-state index is 13.3. The third-order valence-corrected chi connectivity index (χ3v) is 7.05. The van der Waals surface area contributed by atoms with Crippen molar-refractivity contribution in [3.05, 3.63) is 82.3 Å². The highest BCUT2D eigenvalue weighted by Crippen LogP contribution is 2.34. The summed E-state index contributed by atoms with van der Waals surface area (Å²) in [7, 11) is -2.58. The largest absolute Gasteiger partial charge is 0.503 e. The van der Waals surface area contributed by atoms with Crippen LogP contribution in [0.5, 0.6) is 11.5 Å². The van der Waals surface area contributed by atoms with Crippen LogP contribution in [0.25, 0.3) is 0 Å². The van der Waals surface area contributed by atoms with E-state index < -0.39 is 22.5 Å². The summed E-state index contributed by atoms with van der Waals surface area (Å²) in [6.07, 6.45) is 1.36. The van der Waals surface area contributed by atoms with Crippen molar-refractivity contribution in [2.75, 3.05) is 18.0 Å². The molecule has 172 valence electrons. The van der Waals surface area contributed by atoms with Gasteiger partial charge < -0.3 is 9.84 Å². The summed E-state index contributed by atoms with van der Waals surface area (Å²) in [5.41, 5.74) is 4.00. The molecular formula is C23H22BrN3O5S. The average molecular weight is 532 g/mol. The highest BCUT2D eigenvalue weighted by Gasteiger charge is 2.28. The average Bonchev–Trinajstić information content (AvgIpc) is 2.80. The molecule has 3 rings (SSSR count). The fourth-order valence-electron chi connectivity index (χ4n) is 3.03. The van der Waals surface area contributed by atoms with Gasteiger partial charge in [0.05, 0.1) is 28.4 Å². The fraction of sp³-hybridized carbons (Fsp3) is 0.130. The lowest BCUT2D eigenvalue weighted by Gasteiger charge is -2.25. The number of nitrogens with zero attached hydrogens (tertiary/aromatic N) is 2. The first-order chi connectivity index (χ1) is 15.7. The third-order valence-electron chi connectivity index (χ3n) is 4.68. The van der Waals surface area contributed by atoms with Crippen molar-refractivity contribution in [2.45, 2.75) is 11.8 Å². The van der Waals surface area contributed by atoms with Crippen LogP contribution in [0.4, 0.5) is 5.69 Å². The smallest absolute Gasteiger partial charge is 0.264 e. The summed E-state index contributed by atoms with van der Waals surface area (Å²) in [6.45, 7) is 1.30. The topological polar surface area (TPSA) is 108 Å². The van der Waals surface area contributed by atoms with Gasteiger partial charge in [-0.25, -0.2) is 13.8 Å². The van der Waals surface area contributed by atoms with Crippen molar-refractivity contribution in [3.8, 4) is 11.5 Å². The van der Waals surface area contributed by atoms with Crippen LogP contribution >= 0.6 is 15.9 Å². The van der Waals surface area contributed by atoms with Crippen molar-refractivity contribution in [2.24, 2.45) is 5.10 Å². The van der Waals surface area contributed by atoms with Crippen molar-refractivity contribution >= 4 is 43.8 Å². The molecule has 0 bridgehead atoms. The van der Waals surface area contributed by atoms with Gasteiger partial charge in [-0.1, -0.05) is 36.4 Å². The lowest BCUT2D eigenvalue weighted by Crippen LogP contribution is -2.40. The van der Waals surface area contributed by atoms with E-state index in [9.17, 15) is 18.3 Å². The molecule has 0 unspecified atom stereocenters. The van der Waals surface area contributed by atoms with Gasteiger partial charge in [0.25, 0.3) is 15.9 Å². The van der Waals surface area contributed by atoms with Gasteiger partial charge in [-0.3, -0.25) is 9.10 Å². The number of aryl methyl sites for hydroxylation is 1. The molecule has 0 spiro atoms. The van der Waals surface area contributed by atoms with Crippen LogP contribution in [-0.4, -0.2) is 39.3 Å². The van der Waals surface area contributed by atoms with E-state index in [2.05, 4.69) is 26.5 Å². The van der Waals surface area contributed by atoms with Gasteiger partial charge >= 0.3 is 0 Å². The Labute approximate surface area is 200 Å². The van der Waals surface area contributed by atoms with E-state index >= 15 is 0 Å². The number of hydrogen-bond acceptors (Lipinski definition) is 6. The first-order valence-corrected chi connectivity index (χ1v) is 12.0. The molecule has 0 aliphatic carbocycles. The summed E-state index contributed by atoms with van der Waals surface area (Å²) < 4.78 is 33.2. The number of sulfonamides is 1. The standard InChI is InChI=1S/C23H22BrN3O5S/c1-16-8-6-7-11-20(16)27(33(30,31)18-9-4-3-5-10-18)15-22(28)26-25-14-17-12-19(24)23(29)21(13-17)32-2/h3-14,29H,15H2,1-2H3,(H,26,28)/b25-14-. The number of nitrogens with one attached hydrogen (secondary N) is 1. The number of carbonyl (C=O) groups excluding carboxylic acids is 1. The zero-order valence-corrected chi connectivity index (χ0v) is 20.3. The molecule has 0 aliphatic rings. The molecule has 0 fully saturated rings. The molecule has 2 N–H and O–H groups in total. The number of amides is 1. The number of phenolic OH excluding ortho intramolecular Hbond substituents is 1. The number of hydrogen-bond donors (Lipinski definition) is 2. The van der Waals surface area contributed by atoms with Crippen molar-refractivity contribution in [1.82, 2.24) is 5.43 Å². The van der Waals surface area contributed by atoms with Gasteiger partial charge in [0.2, 0.25) is 0 Å². The summed E-state index contributed by atoms with van der Waals surface area (Å²) >= 11 is 3.22. The second-order valence-electron chi connectivity index (χ2n) is 6.96. The van der Waals surface area contributed by atoms with E-state index in [1.165, 1.54) is 31.5 Å². The molecule has 0 heterocycles. The lowest BCUT2D eigenvalue weighted by molar-refractivity contribution is -0.119. The van der Waals surface area contributed by atoms with Crippen LogP contribution in [0.15, 0.2) is 81.2 Å². The minimum Gasteiger partial charge on any atom is -0.503 e. The number of benzene rings is 3. The van der Waals surface area contributed by atoms with Gasteiger partial charge in [0.1, 0.15) is 6.54 Å². The van der Waals surface area contributed by atoms with E-state index in [0.717, 1.165) is 4.31 Å². The molecule has 8 nitrogen and oxygen atoms in total. The number of methoxy groups -OCH3 is 1. The van der Waals surface area contributed by atoms with Crippen molar-refractivity contribution < 1.29 is 23.1 Å². The Morgan fingerprint density at radius 3 is 2.48 bits per heavy atom. The second-order valence-corrected chi connectivity index (χ2v) is 9.67. The normalized spacial score (nSPS) is 11.4. The fourth-order valence-corrected chi connectivity index (χ4v) is 5.00. The molecule has 0 radical (unpaired) electrons. The molecule has 33 heavy (non-hydrogen) atoms. The number of aromatic hydroxyl groups is 1. The minimum absolute atomic E-state index is 0.0568. The summed E-state index contributed by atoms with van der Waals surface area (Å²) in [5, 5.41) is 13.8. The molecule has 3 aromatic carbocycles. The van der Waals surface area contributed by atoms with Crippen molar-refractivity contribution in [3.63, 3.8) is 0 Å². The number of anilines is 1. The van der Waals surface area contributed by atoms with Gasteiger partial charge in [-0.15, -0.1) is 0 Å². The third kappa shape index (κ3) is 5.71. The summed E-state index contributed by atoms with van der Waals surface area (Å²) in [6, 6.07) is 18.0. The summed E-state index contributed by atoms with van der Waals surface area (Å²) in [4.78, 5) is 12.7. The van der Waals surface area contributed by atoms with E-state index in [-0.39, 0.29) is 16.4 Å². The van der Waals surface area contributed by atoms with E-state index in [0.29, 0.717) is 21.3 Å². The van der Waals surface area contributed by atoms with Crippen LogP contribution in [0.2, 0.25) is 0 Å². The van der Waals surface area contributed by atoms with Gasteiger partial charge in [0.15, 0.2) is 11.5 Å². The van der Waals surface area contributed by atoms with Crippen LogP contribution in [0, 0.1) is 6.92 Å². The molecule has 0 saturated carbocycles. The van der Waals surface area contributed by atoms with Gasteiger partial charge in [0, 0.05) is 0 Å². The molecule has 1 amide bonds. The zero-order valence-electron chi connectivity index (χ0n) is 17.9. The monoisotopic (exact) mass is 531 g/mol. The Balaban J connectivity index is 1.84. The van der Waals surface area contributed by atoms with E-state index in [1.54, 1.807) is 55.5 Å². The Morgan fingerprint density at radius 2 is 1.82 bits per heavy atom. The number of carbonyl (C=O) groups is 1. The first-order valence-electron chi connectivity index (χ1n) is 9.76. The van der Waals surface area contributed by atoms with Crippen LogP contribution in [-0.2, 0) is 14.8 Å². The number of rotatable bonds is 8. The molecule has 3 aromatic rings. The molecule has 0 atom stereocenters. The SMILES string of the molecule is COc1cc(/C=N\NC(=O)CN(c2ccccc2C)S(=O)(=O)c2ccccc2)cc(Br)c1O. The summed E-state index contributed by atoms with van der Waals surface area (Å²) in [5.74, 6) is -0.450. The Morgan fingerprint density at radius 1 is 1.15 bits per heavy atom.